The summed E-state index contributed by atoms with van der Waals surface area (Å²) >= 11 is 0. The van der Waals surface area contributed by atoms with E-state index in [1.54, 1.807) is 24.3 Å². The Labute approximate surface area is 109 Å². The van der Waals surface area contributed by atoms with Gasteiger partial charge in [-0.25, -0.2) is 4.79 Å². The minimum atomic E-state index is -0.900. The Hall–Kier alpha value is -2.68. The number of rotatable bonds is 6. The van der Waals surface area contributed by atoms with Gasteiger partial charge in [0.1, 0.15) is 23.7 Å². The monoisotopic (exact) mass is 260 g/mol. The van der Waals surface area contributed by atoms with Gasteiger partial charge < -0.3 is 15.3 Å². The molecule has 0 bridgehead atoms. The molecule has 0 unspecified atom stereocenters. The second-order valence-corrected chi connectivity index (χ2v) is 3.53. The van der Waals surface area contributed by atoms with Crippen molar-refractivity contribution in [2.24, 2.45) is 11.0 Å². The van der Waals surface area contributed by atoms with Crippen LogP contribution in [-0.4, -0.2) is 18.6 Å². The number of hydrogen-bond donors (Lipinski definition) is 1. The third kappa shape index (κ3) is 5.00. The third-order valence-corrected chi connectivity index (χ3v) is 2.17. The van der Waals surface area contributed by atoms with Crippen LogP contribution < -0.4 is 10.5 Å². The van der Waals surface area contributed by atoms with Crippen LogP contribution in [0.3, 0.4) is 0 Å². The smallest absolute Gasteiger partial charge is 0.334 e. The van der Waals surface area contributed by atoms with E-state index >= 15 is 0 Å². The van der Waals surface area contributed by atoms with Gasteiger partial charge in [0.2, 0.25) is 0 Å². The predicted octanol–water partition coefficient (Wildman–Crippen LogP) is 1.34. The quantitative estimate of drug-likeness (QED) is 0.273. The van der Waals surface area contributed by atoms with Crippen LogP contribution in [0.5, 0.6) is 5.75 Å². The molecule has 0 aliphatic rings. The van der Waals surface area contributed by atoms with Crippen molar-refractivity contribution in [1.82, 2.24) is 0 Å². The van der Waals surface area contributed by atoms with Crippen molar-refractivity contribution in [3.05, 3.63) is 40.3 Å². The number of ether oxygens (including phenoxy) is 1. The van der Waals surface area contributed by atoms with Gasteiger partial charge in [-0.15, -0.1) is 6.42 Å². The molecule has 2 N–H and O–H groups in total. The highest BCUT2D eigenvalue weighted by molar-refractivity contribution is 5.75. The molecule has 0 aliphatic heterocycles. The van der Waals surface area contributed by atoms with E-state index in [4.69, 9.17) is 22.4 Å². The zero-order chi connectivity index (χ0) is 14.1. The van der Waals surface area contributed by atoms with E-state index in [0.717, 1.165) is 5.56 Å². The first kappa shape index (κ1) is 14.4. The van der Waals surface area contributed by atoms with Gasteiger partial charge in [-0.1, -0.05) is 18.1 Å². The van der Waals surface area contributed by atoms with E-state index < -0.39 is 12.0 Å². The first-order valence-electron chi connectivity index (χ1n) is 5.33. The number of nitrogens with two attached hydrogens (primary N) is 1. The lowest BCUT2D eigenvalue weighted by molar-refractivity contribution is -0.145. The molecule has 0 heterocycles. The predicted molar refractivity (Wildman–Crippen MR) is 67.7 cm³/mol. The van der Waals surface area contributed by atoms with Crippen molar-refractivity contribution in [3.8, 4) is 18.1 Å². The summed E-state index contributed by atoms with van der Waals surface area (Å²) in [7, 11) is 0. The highest BCUT2D eigenvalue weighted by Gasteiger charge is 2.15. The van der Waals surface area contributed by atoms with Crippen molar-refractivity contribution in [3.63, 3.8) is 0 Å². The fourth-order valence-electron chi connectivity index (χ4n) is 1.31. The van der Waals surface area contributed by atoms with Gasteiger partial charge in [-0.3, -0.25) is 0 Å². The van der Waals surface area contributed by atoms with Crippen LogP contribution in [0.1, 0.15) is 5.56 Å². The topological polar surface area (TPSA) is 110 Å². The molecule has 7 heteroatoms. The SMILES string of the molecule is C#CCOc1ccc(C[C@H](N)C(=O)ON=[N+]=[N-])cc1. The molecule has 98 valence electrons. The lowest BCUT2D eigenvalue weighted by Gasteiger charge is -2.09. The van der Waals surface area contributed by atoms with Gasteiger partial charge in [0, 0.05) is 4.91 Å². The number of terminal acetylenes is 1. The maximum Gasteiger partial charge on any atom is 0.334 e. The maximum atomic E-state index is 11.3. The molecule has 1 atom stereocenters. The molecule has 0 saturated carbocycles. The van der Waals surface area contributed by atoms with Gasteiger partial charge in [0.15, 0.2) is 0 Å². The number of benzene rings is 1. The van der Waals surface area contributed by atoms with E-state index in [-0.39, 0.29) is 13.0 Å². The van der Waals surface area contributed by atoms with Crippen LogP contribution in [-0.2, 0) is 16.1 Å². The molecule has 7 nitrogen and oxygen atoms in total. The van der Waals surface area contributed by atoms with Gasteiger partial charge in [0.25, 0.3) is 0 Å². The molecule has 0 saturated heterocycles. The number of carbonyl (C=O) groups excluding carboxylic acids is 1. The standard InChI is InChI=1S/C12H12N4O3/c1-2-7-18-10-5-3-9(4-6-10)8-11(13)12(17)19-16-15-14/h1,3-6,11H,7-8,13H2/t11-/m0/s1. The van der Waals surface area contributed by atoms with Crippen molar-refractivity contribution < 1.29 is 14.4 Å². The fourth-order valence-corrected chi connectivity index (χ4v) is 1.31. The Balaban J connectivity index is 2.55. The van der Waals surface area contributed by atoms with Gasteiger partial charge in [-0.05, 0) is 29.6 Å². The number of carbonyl (C=O) groups is 1. The van der Waals surface area contributed by atoms with Crippen LogP contribution in [0.4, 0.5) is 0 Å². The molecule has 0 spiro atoms. The summed E-state index contributed by atoms with van der Waals surface area (Å²) in [5, 5.41) is 2.69. The lowest BCUT2D eigenvalue weighted by Crippen LogP contribution is -2.33. The van der Waals surface area contributed by atoms with Crippen molar-refractivity contribution in [1.29, 1.82) is 0 Å². The first-order valence-corrected chi connectivity index (χ1v) is 5.33. The number of hydrogen-bond acceptors (Lipinski definition) is 5. The molecular weight excluding hydrogens is 248 g/mol. The Morgan fingerprint density at radius 2 is 2.21 bits per heavy atom. The van der Waals surface area contributed by atoms with Crippen LogP contribution in [0.2, 0.25) is 0 Å². The number of nitrogens with zero attached hydrogens (tertiary/aromatic N) is 3. The summed E-state index contributed by atoms with van der Waals surface area (Å²) in [5.41, 5.74) is 14.4. The van der Waals surface area contributed by atoms with E-state index in [1.807, 2.05) is 0 Å². The normalized spacial score (nSPS) is 10.7. The highest BCUT2D eigenvalue weighted by Crippen LogP contribution is 2.13. The van der Waals surface area contributed by atoms with E-state index in [0.29, 0.717) is 5.75 Å². The molecule has 0 amide bonds. The average molecular weight is 260 g/mol. The first-order chi connectivity index (χ1) is 9.17. The van der Waals surface area contributed by atoms with Crippen LogP contribution in [0, 0.1) is 12.3 Å². The Bertz CT molecular complexity index is 515. The zero-order valence-corrected chi connectivity index (χ0v) is 10.0. The summed E-state index contributed by atoms with van der Waals surface area (Å²) in [6.07, 6.45) is 5.33. The molecule has 19 heavy (non-hydrogen) atoms. The van der Waals surface area contributed by atoms with Gasteiger partial charge in [-0.2, -0.15) is 0 Å². The largest absolute Gasteiger partial charge is 0.481 e. The fraction of sp³-hybridized carbons (Fsp3) is 0.250. The summed E-state index contributed by atoms with van der Waals surface area (Å²) in [5.74, 6) is 2.20. The zero-order valence-electron chi connectivity index (χ0n) is 10.0. The second-order valence-electron chi connectivity index (χ2n) is 3.53. The summed E-state index contributed by atoms with van der Waals surface area (Å²) in [6, 6.07) is 6.05. The summed E-state index contributed by atoms with van der Waals surface area (Å²) in [6.45, 7) is 0.192. The van der Waals surface area contributed by atoms with Crippen molar-refractivity contribution in [2.75, 3.05) is 6.61 Å². The van der Waals surface area contributed by atoms with E-state index in [1.165, 1.54) is 0 Å². The van der Waals surface area contributed by atoms with Crippen LogP contribution in [0.15, 0.2) is 29.5 Å². The molecule has 0 aromatic heterocycles. The molecular formula is C12H12N4O3. The van der Waals surface area contributed by atoms with Gasteiger partial charge in [0.05, 0.1) is 0 Å². The van der Waals surface area contributed by atoms with Crippen molar-refractivity contribution >= 4 is 5.97 Å². The second kappa shape index (κ2) is 7.61. The number of azide groups is 1. The summed E-state index contributed by atoms with van der Waals surface area (Å²) in [4.78, 5) is 17.8. The Morgan fingerprint density at radius 1 is 1.53 bits per heavy atom. The van der Waals surface area contributed by atoms with Gasteiger partial charge >= 0.3 is 5.97 Å². The van der Waals surface area contributed by atoms with Crippen LogP contribution in [0.25, 0.3) is 10.4 Å². The Kier molecular flexibility index (Phi) is 5.76. The highest BCUT2D eigenvalue weighted by atomic mass is 16.7. The summed E-state index contributed by atoms with van der Waals surface area (Å²) < 4.78 is 5.20. The lowest BCUT2D eigenvalue weighted by atomic mass is 10.1. The van der Waals surface area contributed by atoms with E-state index in [9.17, 15) is 4.79 Å². The maximum absolute atomic E-state index is 11.3. The van der Waals surface area contributed by atoms with Crippen LogP contribution >= 0.6 is 0 Å². The molecule has 0 radical (unpaired) electrons. The molecule has 1 aromatic rings. The minimum absolute atomic E-state index is 0.192. The van der Waals surface area contributed by atoms with E-state index in [2.05, 4.69) is 20.9 Å². The molecule has 0 fully saturated rings. The molecule has 1 aromatic carbocycles. The minimum Gasteiger partial charge on any atom is -0.481 e. The molecule has 0 aliphatic carbocycles. The molecule has 1 rings (SSSR count). The average Bonchev–Trinajstić information content (AvgIpc) is 2.43. The van der Waals surface area contributed by atoms with Crippen molar-refractivity contribution in [2.45, 2.75) is 12.5 Å². The third-order valence-electron chi connectivity index (χ3n) is 2.17. The Morgan fingerprint density at radius 3 is 2.79 bits per heavy atom.